The van der Waals surface area contributed by atoms with Crippen molar-refractivity contribution in [3.63, 3.8) is 0 Å². The molecule has 1 N–H and O–H groups in total. The largest absolute Gasteiger partial charge is 0.481 e. The molecule has 0 spiro atoms. The van der Waals surface area contributed by atoms with Crippen LogP contribution in [0.4, 0.5) is 4.39 Å². The number of amides is 1. The van der Waals surface area contributed by atoms with Crippen molar-refractivity contribution in [1.82, 2.24) is 4.90 Å². The van der Waals surface area contributed by atoms with Gasteiger partial charge in [0.25, 0.3) is 5.91 Å². The van der Waals surface area contributed by atoms with Gasteiger partial charge in [0.15, 0.2) is 0 Å². The molecule has 1 aromatic carbocycles. The van der Waals surface area contributed by atoms with E-state index in [0.717, 1.165) is 0 Å². The molecule has 0 atom stereocenters. The van der Waals surface area contributed by atoms with Gasteiger partial charge in [-0.15, -0.1) is 0 Å². The van der Waals surface area contributed by atoms with Crippen LogP contribution in [0.5, 0.6) is 0 Å². The maximum absolute atomic E-state index is 13.2. The smallest absolute Gasteiger partial charge is 0.303 e. The molecule has 6 heteroatoms. The fraction of sp³-hybridized carbons (Fsp3) is 0.333. The molecule has 0 aromatic heterocycles. The van der Waals surface area contributed by atoms with Crippen LogP contribution in [0.25, 0.3) is 0 Å². The zero-order chi connectivity index (χ0) is 13.7. The summed E-state index contributed by atoms with van der Waals surface area (Å²) in [6.07, 6.45) is 0.318. The highest BCUT2D eigenvalue weighted by atomic mass is 35.5. The Hall–Kier alpha value is -1.62. The van der Waals surface area contributed by atoms with E-state index in [1.54, 1.807) is 0 Å². The number of carboxylic acid groups (broad SMARTS) is 1. The fourth-order valence-electron chi connectivity index (χ4n) is 1.44. The number of benzene rings is 1. The molecule has 18 heavy (non-hydrogen) atoms. The van der Waals surface area contributed by atoms with Gasteiger partial charge in [0.2, 0.25) is 0 Å². The molecule has 0 aliphatic heterocycles. The Labute approximate surface area is 109 Å². The molecule has 0 radical (unpaired) electrons. The SMILES string of the molecule is CN(CCCC(=O)O)C(=O)c1cccc(F)c1Cl. The average molecular weight is 274 g/mol. The summed E-state index contributed by atoms with van der Waals surface area (Å²) in [5, 5.41) is 8.27. The van der Waals surface area contributed by atoms with Crippen molar-refractivity contribution in [2.45, 2.75) is 12.8 Å². The van der Waals surface area contributed by atoms with Gasteiger partial charge in [-0.3, -0.25) is 9.59 Å². The molecular weight excluding hydrogens is 261 g/mol. The first-order valence-electron chi connectivity index (χ1n) is 5.34. The minimum Gasteiger partial charge on any atom is -0.481 e. The van der Waals surface area contributed by atoms with Gasteiger partial charge >= 0.3 is 5.97 Å². The lowest BCUT2D eigenvalue weighted by Gasteiger charge is -2.17. The summed E-state index contributed by atoms with van der Waals surface area (Å²) in [6, 6.07) is 4.00. The molecule has 1 rings (SSSR count). The molecule has 98 valence electrons. The van der Waals surface area contributed by atoms with Crippen LogP contribution >= 0.6 is 11.6 Å². The number of carbonyl (C=O) groups excluding carboxylic acids is 1. The molecule has 1 aromatic rings. The number of hydrogen-bond acceptors (Lipinski definition) is 2. The predicted octanol–water partition coefficient (Wildman–Crippen LogP) is 2.42. The Morgan fingerprint density at radius 2 is 2.11 bits per heavy atom. The van der Waals surface area contributed by atoms with Crippen molar-refractivity contribution in [2.24, 2.45) is 0 Å². The number of carbonyl (C=O) groups is 2. The fourth-order valence-corrected chi connectivity index (χ4v) is 1.65. The van der Waals surface area contributed by atoms with Crippen LogP contribution in [0, 0.1) is 5.82 Å². The third kappa shape index (κ3) is 3.70. The first kappa shape index (κ1) is 14.4. The van der Waals surface area contributed by atoms with Gasteiger partial charge in [0.1, 0.15) is 5.82 Å². The first-order chi connectivity index (χ1) is 8.43. The van der Waals surface area contributed by atoms with Crippen LogP contribution in [0.2, 0.25) is 5.02 Å². The zero-order valence-corrected chi connectivity index (χ0v) is 10.6. The Balaban J connectivity index is 2.69. The summed E-state index contributed by atoms with van der Waals surface area (Å²) in [6.45, 7) is 0.276. The quantitative estimate of drug-likeness (QED) is 0.896. The summed E-state index contributed by atoms with van der Waals surface area (Å²) in [4.78, 5) is 23.6. The second-order valence-electron chi connectivity index (χ2n) is 3.83. The number of halogens is 2. The number of nitrogens with zero attached hydrogens (tertiary/aromatic N) is 1. The molecule has 0 aliphatic carbocycles. The second kappa shape index (κ2) is 6.35. The highest BCUT2D eigenvalue weighted by Gasteiger charge is 2.17. The molecule has 4 nitrogen and oxygen atoms in total. The highest BCUT2D eigenvalue weighted by molar-refractivity contribution is 6.33. The Morgan fingerprint density at radius 1 is 1.44 bits per heavy atom. The van der Waals surface area contributed by atoms with Gasteiger partial charge < -0.3 is 10.0 Å². The van der Waals surface area contributed by atoms with E-state index in [1.165, 1.54) is 30.1 Å². The van der Waals surface area contributed by atoms with Gasteiger partial charge in [-0.1, -0.05) is 17.7 Å². The summed E-state index contributed by atoms with van der Waals surface area (Å²) >= 11 is 5.70. The van der Waals surface area contributed by atoms with Crippen molar-refractivity contribution in [2.75, 3.05) is 13.6 Å². The summed E-state index contributed by atoms with van der Waals surface area (Å²) in [7, 11) is 1.52. The van der Waals surface area contributed by atoms with E-state index in [1.807, 2.05) is 0 Å². The van der Waals surface area contributed by atoms with Crippen molar-refractivity contribution in [1.29, 1.82) is 0 Å². The normalized spacial score (nSPS) is 10.2. The molecule has 0 heterocycles. The number of hydrogen-bond donors (Lipinski definition) is 1. The third-order valence-electron chi connectivity index (χ3n) is 2.41. The molecular formula is C12H13ClFNO3. The molecule has 0 saturated carbocycles. The second-order valence-corrected chi connectivity index (χ2v) is 4.20. The molecule has 0 saturated heterocycles. The van der Waals surface area contributed by atoms with E-state index in [4.69, 9.17) is 16.7 Å². The van der Waals surface area contributed by atoms with E-state index < -0.39 is 17.7 Å². The third-order valence-corrected chi connectivity index (χ3v) is 2.80. The van der Waals surface area contributed by atoms with Crippen molar-refractivity contribution in [3.8, 4) is 0 Å². The van der Waals surface area contributed by atoms with Crippen molar-refractivity contribution < 1.29 is 19.1 Å². The lowest BCUT2D eigenvalue weighted by Crippen LogP contribution is -2.28. The average Bonchev–Trinajstić information content (AvgIpc) is 2.31. The Morgan fingerprint density at radius 3 is 2.72 bits per heavy atom. The molecule has 0 unspecified atom stereocenters. The zero-order valence-electron chi connectivity index (χ0n) is 9.82. The van der Waals surface area contributed by atoms with E-state index in [9.17, 15) is 14.0 Å². The van der Waals surface area contributed by atoms with Gasteiger partial charge in [0, 0.05) is 20.0 Å². The lowest BCUT2D eigenvalue weighted by molar-refractivity contribution is -0.137. The van der Waals surface area contributed by atoms with E-state index in [0.29, 0.717) is 6.42 Å². The molecule has 0 aliphatic rings. The van der Waals surface area contributed by atoms with Crippen molar-refractivity contribution >= 4 is 23.5 Å². The van der Waals surface area contributed by atoms with Gasteiger partial charge in [-0.25, -0.2) is 4.39 Å². The summed E-state index contributed by atoms with van der Waals surface area (Å²) in [5.41, 5.74) is 0.0782. The molecule has 1 amide bonds. The lowest BCUT2D eigenvalue weighted by atomic mass is 10.2. The van der Waals surface area contributed by atoms with E-state index in [2.05, 4.69) is 0 Å². The van der Waals surface area contributed by atoms with Crippen LogP contribution in [-0.4, -0.2) is 35.5 Å². The van der Waals surface area contributed by atoms with Crippen LogP contribution in [-0.2, 0) is 4.79 Å². The Bertz CT molecular complexity index is 465. The number of rotatable bonds is 5. The van der Waals surface area contributed by atoms with Crippen LogP contribution in [0.15, 0.2) is 18.2 Å². The molecule has 0 fully saturated rings. The monoisotopic (exact) mass is 273 g/mol. The first-order valence-corrected chi connectivity index (χ1v) is 5.72. The van der Waals surface area contributed by atoms with Gasteiger partial charge in [-0.2, -0.15) is 0 Å². The van der Waals surface area contributed by atoms with E-state index >= 15 is 0 Å². The standard InChI is InChI=1S/C12H13ClFNO3/c1-15(7-3-6-10(16)17)12(18)8-4-2-5-9(14)11(8)13/h2,4-5H,3,6-7H2,1H3,(H,16,17). The Kier molecular flexibility index (Phi) is 5.09. The van der Waals surface area contributed by atoms with Crippen molar-refractivity contribution in [3.05, 3.63) is 34.6 Å². The minimum atomic E-state index is -0.917. The maximum Gasteiger partial charge on any atom is 0.303 e. The molecule has 0 bridgehead atoms. The van der Waals surface area contributed by atoms with Crippen LogP contribution in [0.1, 0.15) is 23.2 Å². The van der Waals surface area contributed by atoms with Gasteiger partial charge in [0.05, 0.1) is 10.6 Å². The predicted molar refractivity (Wildman–Crippen MR) is 65.2 cm³/mol. The van der Waals surface area contributed by atoms with E-state index in [-0.39, 0.29) is 23.6 Å². The van der Waals surface area contributed by atoms with Gasteiger partial charge in [-0.05, 0) is 18.6 Å². The van der Waals surface area contributed by atoms with Crippen LogP contribution < -0.4 is 0 Å². The summed E-state index contributed by atoms with van der Waals surface area (Å²) < 4.78 is 13.2. The maximum atomic E-state index is 13.2. The van der Waals surface area contributed by atoms with Crippen LogP contribution in [0.3, 0.4) is 0 Å². The highest BCUT2D eigenvalue weighted by Crippen LogP contribution is 2.20. The number of aliphatic carboxylic acids is 1. The topological polar surface area (TPSA) is 57.6 Å². The minimum absolute atomic E-state index is 0.0193. The number of carboxylic acids is 1. The summed E-state index contributed by atoms with van der Waals surface area (Å²) in [5.74, 6) is -1.99.